The summed E-state index contributed by atoms with van der Waals surface area (Å²) in [7, 11) is 1.59. The molecular formula is C18H18Cl2N2O3. The predicted molar refractivity (Wildman–Crippen MR) is 100 cm³/mol. The van der Waals surface area contributed by atoms with E-state index in [1.54, 1.807) is 31.4 Å². The number of ether oxygens (including phenoxy) is 2. The highest BCUT2D eigenvalue weighted by Crippen LogP contribution is 2.31. The molecule has 0 saturated carbocycles. The largest absolute Gasteiger partial charge is 0.497 e. The van der Waals surface area contributed by atoms with Crippen LogP contribution in [0.2, 0.25) is 10.0 Å². The molecule has 0 spiro atoms. The molecule has 1 aliphatic heterocycles. The molecule has 0 radical (unpaired) electrons. The Morgan fingerprint density at radius 1 is 1.12 bits per heavy atom. The zero-order chi connectivity index (χ0) is 17.8. The minimum Gasteiger partial charge on any atom is -0.497 e. The van der Waals surface area contributed by atoms with E-state index in [4.69, 9.17) is 32.7 Å². The van der Waals surface area contributed by atoms with E-state index < -0.39 is 0 Å². The first-order valence-corrected chi connectivity index (χ1v) is 8.61. The second kappa shape index (κ2) is 7.95. The van der Waals surface area contributed by atoms with Gasteiger partial charge >= 0.3 is 0 Å². The zero-order valence-electron chi connectivity index (χ0n) is 13.7. The van der Waals surface area contributed by atoms with Crippen LogP contribution in [0, 0.1) is 0 Å². The number of hydrogen-bond donors (Lipinski definition) is 1. The Bertz CT molecular complexity index is 777. The summed E-state index contributed by atoms with van der Waals surface area (Å²) in [5.41, 5.74) is 2.04. The van der Waals surface area contributed by atoms with Gasteiger partial charge in [-0.1, -0.05) is 23.2 Å². The third-order valence-electron chi connectivity index (χ3n) is 3.99. The number of nitrogens with zero attached hydrogens (tertiary/aromatic N) is 1. The Labute approximate surface area is 156 Å². The van der Waals surface area contributed by atoms with Crippen LogP contribution in [0.5, 0.6) is 5.75 Å². The van der Waals surface area contributed by atoms with Crippen LogP contribution >= 0.6 is 23.2 Å². The number of carbonyl (C=O) groups excluding carboxylic acids is 1. The summed E-state index contributed by atoms with van der Waals surface area (Å²) in [4.78, 5) is 14.8. The average Bonchev–Trinajstić information content (AvgIpc) is 2.64. The van der Waals surface area contributed by atoms with Crippen molar-refractivity contribution in [2.24, 2.45) is 0 Å². The van der Waals surface area contributed by atoms with Crippen molar-refractivity contribution in [3.8, 4) is 5.75 Å². The highest BCUT2D eigenvalue weighted by Gasteiger charge is 2.18. The molecule has 0 aliphatic carbocycles. The lowest BCUT2D eigenvalue weighted by atomic mass is 10.1. The first kappa shape index (κ1) is 17.9. The molecule has 132 valence electrons. The second-order valence-electron chi connectivity index (χ2n) is 5.57. The first-order valence-electron chi connectivity index (χ1n) is 7.85. The number of benzene rings is 2. The number of carbonyl (C=O) groups is 1. The van der Waals surface area contributed by atoms with Crippen LogP contribution in [-0.2, 0) is 4.74 Å². The van der Waals surface area contributed by atoms with Crippen molar-refractivity contribution < 1.29 is 14.3 Å². The van der Waals surface area contributed by atoms with E-state index in [1.165, 1.54) is 0 Å². The third-order valence-corrected chi connectivity index (χ3v) is 4.72. The maximum absolute atomic E-state index is 12.6. The van der Waals surface area contributed by atoms with Crippen LogP contribution in [0.1, 0.15) is 10.4 Å². The van der Waals surface area contributed by atoms with Crippen LogP contribution < -0.4 is 15.0 Å². The van der Waals surface area contributed by atoms with Crippen molar-refractivity contribution in [1.82, 2.24) is 0 Å². The molecule has 1 amide bonds. The number of anilines is 2. The predicted octanol–water partition coefficient (Wildman–Crippen LogP) is 4.09. The molecule has 0 atom stereocenters. The number of methoxy groups -OCH3 is 1. The lowest BCUT2D eigenvalue weighted by Crippen LogP contribution is -2.36. The smallest absolute Gasteiger partial charge is 0.255 e. The molecule has 0 aromatic heterocycles. The maximum Gasteiger partial charge on any atom is 0.255 e. The van der Waals surface area contributed by atoms with Crippen LogP contribution in [0.15, 0.2) is 36.4 Å². The van der Waals surface area contributed by atoms with E-state index in [0.717, 1.165) is 18.8 Å². The van der Waals surface area contributed by atoms with Crippen LogP contribution in [0.25, 0.3) is 0 Å². The lowest BCUT2D eigenvalue weighted by molar-refractivity contribution is 0.102. The van der Waals surface area contributed by atoms with Crippen molar-refractivity contribution in [1.29, 1.82) is 0 Å². The van der Waals surface area contributed by atoms with Crippen LogP contribution in [-0.4, -0.2) is 39.3 Å². The summed E-state index contributed by atoms with van der Waals surface area (Å²) >= 11 is 11.9. The van der Waals surface area contributed by atoms with Gasteiger partial charge in [0.2, 0.25) is 0 Å². The zero-order valence-corrected chi connectivity index (χ0v) is 15.2. The monoisotopic (exact) mass is 380 g/mol. The molecule has 3 rings (SSSR count). The standard InChI is InChI=1S/C18H18Cl2N2O3/c1-24-13-3-5-17(22-6-8-25-9-7-22)16(11-13)21-18(23)12-2-4-14(19)15(20)10-12/h2-5,10-11H,6-9H2,1H3,(H,21,23). The fraction of sp³-hybridized carbons (Fsp3) is 0.278. The first-order chi connectivity index (χ1) is 12.1. The molecule has 5 nitrogen and oxygen atoms in total. The van der Waals surface area contributed by atoms with Gasteiger partial charge in [-0.3, -0.25) is 4.79 Å². The van der Waals surface area contributed by atoms with Crippen molar-refractivity contribution >= 4 is 40.5 Å². The summed E-state index contributed by atoms with van der Waals surface area (Å²) in [6.07, 6.45) is 0. The van der Waals surface area contributed by atoms with E-state index in [0.29, 0.717) is 40.3 Å². The SMILES string of the molecule is COc1ccc(N2CCOCC2)c(NC(=O)c2ccc(Cl)c(Cl)c2)c1. The normalized spacial score (nSPS) is 14.3. The number of amides is 1. The minimum atomic E-state index is -0.263. The molecule has 0 bridgehead atoms. The Hall–Kier alpha value is -1.95. The molecule has 0 unspecified atom stereocenters. The van der Waals surface area contributed by atoms with Crippen LogP contribution in [0.4, 0.5) is 11.4 Å². The molecule has 1 heterocycles. The molecule has 1 N–H and O–H groups in total. The third kappa shape index (κ3) is 4.18. The molecule has 2 aromatic rings. The van der Waals surface area contributed by atoms with Crippen molar-refractivity contribution in [2.45, 2.75) is 0 Å². The molecule has 1 aliphatic rings. The average molecular weight is 381 g/mol. The summed E-state index contributed by atoms with van der Waals surface area (Å²) in [5, 5.41) is 3.69. The van der Waals surface area contributed by atoms with E-state index >= 15 is 0 Å². The number of hydrogen-bond acceptors (Lipinski definition) is 4. The quantitative estimate of drug-likeness (QED) is 0.867. The van der Waals surface area contributed by atoms with E-state index in [2.05, 4.69) is 10.2 Å². The van der Waals surface area contributed by atoms with Crippen LogP contribution in [0.3, 0.4) is 0 Å². The molecular weight excluding hydrogens is 363 g/mol. The van der Waals surface area contributed by atoms with Gasteiger partial charge in [0.25, 0.3) is 5.91 Å². The van der Waals surface area contributed by atoms with Gasteiger partial charge in [0.15, 0.2) is 0 Å². The molecule has 7 heteroatoms. The molecule has 1 fully saturated rings. The summed E-state index contributed by atoms with van der Waals surface area (Å²) < 4.78 is 10.7. The fourth-order valence-corrected chi connectivity index (χ4v) is 2.95. The highest BCUT2D eigenvalue weighted by molar-refractivity contribution is 6.42. The highest BCUT2D eigenvalue weighted by atomic mass is 35.5. The van der Waals surface area contributed by atoms with Crippen molar-refractivity contribution in [2.75, 3.05) is 43.6 Å². The summed E-state index contributed by atoms with van der Waals surface area (Å²) in [5.74, 6) is 0.405. The van der Waals surface area contributed by atoms with Gasteiger partial charge < -0.3 is 19.7 Å². The molecule has 25 heavy (non-hydrogen) atoms. The number of rotatable bonds is 4. The fourth-order valence-electron chi connectivity index (χ4n) is 2.65. The van der Waals surface area contributed by atoms with Gasteiger partial charge in [-0.2, -0.15) is 0 Å². The van der Waals surface area contributed by atoms with Gasteiger partial charge in [-0.25, -0.2) is 0 Å². The Balaban J connectivity index is 1.88. The van der Waals surface area contributed by atoms with Crippen molar-refractivity contribution in [3.05, 3.63) is 52.0 Å². The van der Waals surface area contributed by atoms with Gasteiger partial charge in [-0.15, -0.1) is 0 Å². The Kier molecular flexibility index (Phi) is 5.68. The van der Waals surface area contributed by atoms with Gasteiger partial charge in [0, 0.05) is 24.7 Å². The topological polar surface area (TPSA) is 50.8 Å². The molecule has 1 saturated heterocycles. The Morgan fingerprint density at radius 3 is 2.56 bits per heavy atom. The minimum absolute atomic E-state index is 0.263. The number of morpholine rings is 1. The summed E-state index contributed by atoms with van der Waals surface area (Å²) in [6.45, 7) is 2.85. The maximum atomic E-state index is 12.6. The van der Waals surface area contributed by atoms with E-state index in [-0.39, 0.29) is 5.91 Å². The van der Waals surface area contributed by atoms with Gasteiger partial charge in [0.1, 0.15) is 5.75 Å². The Morgan fingerprint density at radius 2 is 1.88 bits per heavy atom. The van der Waals surface area contributed by atoms with E-state index in [9.17, 15) is 4.79 Å². The lowest BCUT2D eigenvalue weighted by Gasteiger charge is -2.30. The van der Waals surface area contributed by atoms with Gasteiger partial charge in [-0.05, 0) is 30.3 Å². The second-order valence-corrected chi connectivity index (χ2v) is 6.38. The molecule has 2 aromatic carbocycles. The van der Waals surface area contributed by atoms with Crippen molar-refractivity contribution in [3.63, 3.8) is 0 Å². The van der Waals surface area contributed by atoms with Gasteiger partial charge in [0.05, 0.1) is 41.7 Å². The summed E-state index contributed by atoms with van der Waals surface area (Å²) in [6, 6.07) is 10.4. The van der Waals surface area contributed by atoms with E-state index in [1.807, 2.05) is 12.1 Å². The number of nitrogens with one attached hydrogen (secondary N) is 1. The number of halogens is 2.